The number of aromatic nitrogens is 2. The highest BCUT2D eigenvalue weighted by molar-refractivity contribution is 6.11. The van der Waals surface area contributed by atoms with Crippen molar-refractivity contribution >= 4 is 33.5 Å². The van der Waals surface area contributed by atoms with Crippen LogP contribution >= 0.6 is 0 Å². The number of pyridine rings is 1. The van der Waals surface area contributed by atoms with Gasteiger partial charge in [0.15, 0.2) is 0 Å². The fourth-order valence-electron chi connectivity index (χ4n) is 5.17. The monoisotopic (exact) mass is 571 g/mol. The van der Waals surface area contributed by atoms with Gasteiger partial charge in [0.1, 0.15) is 22.8 Å². The molecule has 5 rings (SSSR count). The van der Waals surface area contributed by atoms with Gasteiger partial charge in [-0.25, -0.2) is 0 Å². The van der Waals surface area contributed by atoms with E-state index in [1.165, 1.54) is 30.9 Å². The van der Waals surface area contributed by atoms with Crippen molar-refractivity contribution in [3.05, 3.63) is 104 Å². The normalized spacial score (nSPS) is 11.0. The summed E-state index contributed by atoms with van der Waals surface area (Å²) in [6.07, 6.45) is 1.47. The number of rotatable bonds is 10. The molecule has 2 heterocycles. The number of nitrogens with zero attached hydrogens (tertiary/aromatic N) is 3. The summed E-state index contributed by atoms with van der Waals surface area (Å²) >= 11 is 0. The Hall–Kier alpha value is -5.32. The number of hydrogen-bond acceptors (Lipinski definition) is 8. The lowest BCUT2D eigenvalue weighted by Crippen LogP contribution is -2.24. The zero-order valence-corrected chi connectivity index (χ0v) is 23.6. The SMILES string of the molecule is COC(=O)Cc1cn(Cc2ccc(OC)cc2OC)c(=O)c2c1c1cc([N+](=O)[O-])ccc1n2Cc1ccc(OC)cc1. The van der Waals surface area contributed by atoms with E-state index in [1.807, 2.05) is 34.9 Å². The topological polar surface area (TPSA) is 124 Å². The highest BCUT2D eigenvalue weighted by Gasteiger charge is 2.23. The third kappa shape index (κ3) is 5.24. The average Bonchev–Trinajstić information content (AvgIpc) is 3.33. The molecule has 216 valence electrons. The van der Waals surface area contributed by atoms with Gasteiger partial charge in [-0.3, -0.25) is 19.7 Å². The molecule has 11 heteroatoms. The Labute approximate surface area is 240 Å². The third-order valence-corrected chi connectivity index (χ3v) is 7.25. The predicted octanol–water partition coefficient (Wildman–Crippen LogP) is 4.70. The lowest BCUT2D eigenvalue weighted by atomic mass is 10.1. The summed E-state index contributed by atoms with van der Waals surface area (Å²) in [5.74, 6) is 1.31. The molecular weight excluding hydrogens is 542 g/mol. The first-order chi connectivity index (χ1) is 20.3. The minimum atomic E-state index is -0.509. The Kier molecular flexibility index (Phi) is 7.83. The van der Waals surface area contributed by atoms with Crippen LogP contribution in [0.15, 0.2) is 71.7 Å². The minimum absolute atomic E-state index is 0.123. The van der Waals surface area contributed by atoms with Crippen LogP contribution in [0.1, 0.15) is 16.7 Å². The van der Waals surface area contributed by atoms with Crippen molar-refractivity contribution in [1.82, 2.24) is 9.13 Å². The summed E-state index contributed by atoms with van der Waals surface area (Å²) in [4.78, 5) is 38.0. The Morgan fingerprint density at radius 3 is 2.21 bits per heavy atom. The summed E-state index contributed by atoms with van der Waals surface area (Å²) in [7, 11) is 5.96. The summed E-state index contributed by atoms with van der Waals surface area (Å²) in [5, 5.41) is 12.7. The van der Waals surface area contributed by atoms with E-state index in [9.17, 15) is 19.7 Å². The molecule has 0 bridgehead atoms. The first-order valence-corrected chi connectivity index (χ1v) is 13.0. The molecule has 3 aromatic carbocycles. The third-order valence-electron chi connectivity index (χ3n) is 7.25. The smallest absolute Gasteiger partial charge is 0.310 e. The number of nitro benzene ring substituents is 1. The van der Waals surface area contributed by atoms with E-state index < -0.39 is 10.9 Å². The van der Waals surface area contributed by atoms with Crippen LogP contribution in [-0.2, 0) is 29.0 Å². The van der Waals surface area contributed by atoms with Gasteiger partial charge in [0.25, 0.3) is 11.2 Å². The number of esters is 1. The van der Waals surface area contributed by atoms with E-state index in [2.05, 4.69) is 0 Å². The van der Waals surface area contributed by atoms with Crippen molar-refractivity contribution in [2.45, 2.75) is 19.5 Å². The molecule has 0 saturated carbocycles. The molecule has 11 nitrogen and oxygen atoms in total. The number of methoxy groups -OCH3 is 4. The Morgan fingerprint density at radius 1 is 0.857 bits per heavy atom. The minimum Gasteiger partial charge on any atom is -0.497 e. The Bertz CT molecular complexity index is 1870. The fraction of sp³-hybridized carbons (Fsp3) is 0.226. The molecule has 0 fully saturated rings. The van der Waals surface area contributed by atoms with Gasteiger partial charge < -0.3 is 28.1 Å². The average molecular weight is 572 g/mol. The fourth-order valence-corrected chi connectivity index (χ4v) is 5.17. The highest BCUT2D eigenvalue weighted by Crippen LogP contribution is 2.34. The second-order valence-corrected chi connectivity index (χ2v) is 9.63. The summed E-state index contributed by atoms with van der Waals surface area (Å²) in [6, 6.07) is 17.2. The largest absolute Gasteiger partial charge is 0.497 e. The number of nitro groups is 1. The molecule has 0 saturated heterocycles. The van der Waals surface area contributed by atoms with Crippen molar-refractivity contribution in [3.63, 3.8) is 0 Å². The van der Waals surface area contributed by atoms with Gasteiger partial charge in [0, 0.05) is 47.3 Å². The second kappa shape index (κ2) is 11.7. The molecule has 0 aliphatic heterocycles. The molecule has 0 N–H and O–H groups in total. The number of fused-ring (bicyclic) bond motifs is 3. The highest BCUT2D eigenvalue weighted by atomic mass is 16.6. The molecule has 0 atom stereocenters. The van der Waals surface area contributed by atoms with Crippen molar-refractivity contribution in [2.24, 2.45) is 0 Å². The molecule has 0 amide bonds. The molecule has 2 aromatic heterocycles. The van der Waals surface area contributed by atoms with Crippen LogP contribution < -0.4 is 19.8 Å². The number of ether oxygens (including phenoxy) is 4. The Balaban J connectivity index is 1.80. The molecule has 0 aliphatic rings. The maximum absolute atomic E-state index is 14.3. The molecule has 42 heavy (non-hydrogen) atoms. The Morgan fingerprint density at radius 2 is 1.57 bits per heavy atom. The van der Waals surface area contributed by atoms with Crippen molar-refractivity contribution in [3.8, 4) is 17.2 Å². The van der Waals surface area contributed by atoms with Gasteiger partial charge in [-0.05, 0) is 41.5 Å². The van der Waals surface area contributed by atoms with Gasteiger partial charge in [0.2, 0.25) is 0 Å². The molecule has 0 radical (unpaired) electrons. The number of benzene rings is 3. The van der Waals surface area contributed by atoms with Gasteiger partial charge in [-0.1, -0.05) is 12.1 Å². The first-order valence-electron chi connectivity index (χ1n) is 13.0. The van der Waals surface area contributed by atoms with Gasteiger partial charge >= 0.3 is 5.97 Å². The van der Waals surface area contributed by atoms with E-state index in [0.717, 1.165) is 11.1 Å². The van der Waals surface area contributed by atoms with Crippen LogP contribution in [0.5, 0.6) is 17.2 Å². The first kappa shape index (κ1) is 28.2. The van der Waals surface area contributed by atoms with Crippen LogP contribution in [0.25, 0.3) is 21.8 Å². The zero-order valence-electron chi connectivity index (χ0n) is 23.6. The maximum Gasteiger partial charge on any atom is 0.310 e. The van der Waals surface area contributed by atoms with Crippen LogP contribution in [0.4, 0.5) is 5.69 Å². The van der Waals surface area contributed by atoms with E-state index in [1.54, 1.807) is 38.6 Å². The predicted molar refractivity (Wildman–Crippen MR) is 157 cm³/mol. The second-order valence-electron chi connectivity index (χ2n) is 9.63. The summed E-state index contributed by atoms with van der Waals surface area (Å²) in [5.41, 5.74) is 2.59. The van der Waals surface area contributed by atoms with Gasteiger partial charge in [-0.15, -0.1) is 0 Å². The molecule has 5 aromatic rings. The quantitative estimate of drug-likeness (QED) is 0.134. The van der Waals surface area contributed by atoms with E-state index in [4.69, 9.17) is 18.9 Å². The molecule has 0 unspecified atom stereocenters. The standard InChI is InChI=1S/C31H29N3O8/c1-39-23-9-5-19(6-10-23)16-33-26-12-8-22(34(37)38)14-25(26)29-21(13-28(35)42-4)18-32(31(36)30(29)33)17-20-7-11-24(40-2)15-27(20)41-3/h5-12,14-15,18H,13,16-17H2,1-4H3. The number of non-ortho nitro benzene ring substituents is 1. The van der Waals surface area contributed by atoms with Crippen LogP contribution in [0.2, 0.25) is 0 Å². The van der Waals surface area contributed by atoms with Crippen LogP contribution in [0.3, 0.4) is 0 Å². The number of carbonyl (C=O) groups is 1. The number of carbonyl (C=O) groups excluding carboxylic acids is 1. The van der Waals surface area contributed by atoms with Gasteiger partial charge in [-0.2, -0.15) is 0 Å². The molecular formula is C31H29N3O8. The molecule has 0 aliphatic carbocycles. The zero-order chi connectivity index (χ0) is 30.0. The lowest BCUT2D eigenvalue weighted by molar-refractivity contribution is -0.384. The van der Waals surface area contributed by atoms with E-state index in [0.29, 0.717) is 51.2 Å². The van der Waals surface area contributed by atoms with Crippen molar-refractivity contribution in [1.29, 1.82) is 0 Å². The summed E-state index contributed by atoms with van der Waals surface area (Å²) < 4.78 is 24.5. The van der Waals surface area contributed by atoms with Crippen molar-refractivity contribution < 1.29 is 28.7 Å². The lowest BCUT2D eigenvalue weighted by Gasteiger charge is -2.15. The van der Waals surface area contributed by atoms with Gasteiger partial charge in [0.05, 0.1) is 51.8 Å². The summed E-state index contributed by atoms with van der Waals surface area (Å²) in [6.45, 7) is 0.435. The van der Waals surface area contributed by atoms with E-state index >= 15 is 0 Å². The maximum atomic E-state index is 14.3. The van der Waals surface area contributed by atoms with Crippen LogP contribution in [-0.4, -0.2) is 48.5 Å². The number of hydrogen-bond donors (Lipinski definition) is 0. The van der Waals surface area contributed by atoms with E-state index in [-0.39, 0.29) is 24.2 Å². The van der Waals surface area contributed by atoms with Crippen molar-refractivity contribution in [2.75, 3.05) is 28.4 Å². The van der Waals surface area contributed by atoms with Crippen LogP contribution in [0, 0.1) is 10.1 Å². The molecule has 0 spiro atoms.